The maximum atomic E-state index is 10.8. The van der Waals surface area contributed by atoms with Crippen molar-refractivity contribution in [2.24, 2.45) is 0 Å². The van der Waals surface area contributed by atoms with Gasteiger partial charge in [0.05, 0.1) is 24.2 Å². The fourth-order valence-corrected chi connectivity index (χ4v) is 3.70. The third-order valence-electron chi connectivity index (χ3n) is 5.29. The fraction of sp³-hybridized carbons (Fsp3) is 0.333. The monoisotopic (exact) mass is 394 g/mol. The number of morpholine rings is 1. The van der Waals surface area contributed by atoms with E-state index in [2.05, 4.69) is 41.0 Å². The molecule has 1 aliphatic rings. The van der Waals surface area contributed by atoms with Gasteiger partial charge in [-0.1, -0.05) is 35.5 Å². The average molecular weight is 394 g/mol. The highest BCUT2D eigenvalue weighted by Crippen LogP contribution is 2.32. The van der Waals surface area contributed by atoms with Gasteiger partial charge in [0.1, 0.15) is 0 Å². The van der Waals surface area contributed by atoms with E-state index in [0.29, 0.717) is 30.4 Å². The van der Waals surface area contributed by atoms with Crippen molar-refractivity contribution in [3.8, 4) is 11.4 Å². The molecule has 8 nitrogen and oxygen atoms in total. The minimum Gasteiger partial charge on any atom is -0.370 e. The molecular weight excluding hydrogens is 372 g/mol. The molecule has 8 heteroatoms. The van der Waals surface area contributed by atoms with Gasteiger partial charge in [-0.15, -0.1) is 0 Å². The number of hydrogen-bond acceptors (Lipinski definition) is 7. The van der Waals surface area contributed by atoms with Gasteiger partial charge >= 0.3 is 0 Å². The minimum atomic E-state index is -0.435. The Kier molecular flexibility index (Phi) is 5.37. The zero-order valence-corrected chi connectivity index (χ0v) is 16.3. The van der Waals surface area contributed by atoms with Crippen molar-refractivity contribution in [2.75, 3.05) is 6.61 Å². The number of nitrogens with zero attached hydrogens (tertiary/aromatic N) is 4. The van der Waals surface area contributed by atoms with Gasteiger partial charge in [0.25, 0.3) is 5.69 Å². The Morgan fingerprint density at radius 3 is 2.55 bits per heavy atom. The summed E-state index contributed by atoms with van der Waals surface area (Å²) in [5, 5.41) is 14.8. The summed E-state index contributed by atoms with van der Waals surface area (Å²) in [6.45, 7) is 5.38. The molecule has 0 saturated carbocycles. The number of nitro benzene ring substituents is 1. The van der Waals surface area contributed by atoms with E-state index in [1.807, 2.05) is 18.2 Å². The molecule has 0 radical (unpaired) electrons. The lowest BCUT2D eigenvalue weighted by Crippen LogP contribution is -2.50. The minimum absolute atomic E-state index is 0.0236. The van der Waals surface area contributed by atoms with Crippen LogP contribution in [0.15, 0.2) is 59.1 Å². The van der Waals surface area contributed by atoms with Crippen LogP contribution in [0.4, 0.5) is 5.69 Å². The molecule has 2 aromatic carbocycles. The molecule has 0 aliphatic carbocycles. The van der Waals surface area contributed by atoms with E-state index >= 15 is 0 Å². The third kappa shape index (κ3) is 4.03. The molecule has 150 valence electrons. The molecule has 3 aromatic rings. The number of rotatable bonds is 5. The maximum absolute atomic E-state index is 10.8. The summed E-state index contributed by atoms with van der Waals surface area (Å²) in [5.74, 6) is 0.925. The van der Waals surface area contributed by atoms with Gasteiger partial charge in [-0.05, 0) is 31.5 Å². The third-order valence-corrected chi connectivity index (χ3v) is 5.29. The van der Waals surface area contributed by atoms with Crippen molar-refractivity contribution in [3.63, 3.8) is 0 Å². The van der Waals surface area contributed by atoms with Crippen LogP contribution in [0.1, 0.15) is 31.4 Å². The Balaban J connectivity index is 1.50. The van der Waals surface area contributed by atoms with Gasteiger partial charge in [0.2, 0.25) is 11.7 Å². The Bertz CT molecular complexity index is 974. The first-order valence-electron chi connectivity index (χ1n) is 9.52. The summed E-state index contributed by atoms with van der Waals surface area (Å²) in [5.41, 5.74) is 1.85. The highest BCUT2D eigenvalue weighted by molar-refractivity contribution is 5.56. The van der Waals surface area contributed by atoms with Crippen LogP contribution in [0, 0.1) is 10.1 Å². The average Bonchev–Trinajstić information content (AvgIpc) is 3.20. The van der Waals surface area contributed by atoms with Crippen LogP contribution in [0.2, 0.25) is 0 Å². The Morgan fingerprint density at radius 1 is 1.14 bits per heavy atom. The first kappa shape index (κ1) is 19.2. The Morgan fingerprint density at radius 2 is 1.86 bits per heavy atom. The smallest absolute Gasteiger partial charge is 0.269 e. The normalized spacial score (nSPS) is 22.5. The molecule has 29 heavy (non-hydrogen) atoms. The highest BCUT2D eigenvalue weighted by atomic mass is 16.6. The zero-order valence-electron chi connectivity index (χ0n) is 16.3. The van der Waals surface area contributed by atoms with E-state index in [1.54, 1.807) is 12.1 Å². The first-order chi connectivity index (χ1) is 14.0. The number of hydrogen-bond donors (Lipinski definition) is 0. The predicted molar refractivity (Wildman–Crippen MR) is 106 cm³/mol. The number of benzene rings is 2. The van der Waals surface area contributed by atoms with Crippen LogP contribution in [0.3, 0.4) is 0 Å². The molecule has 3 atom stereocenters. The van der Waals surface area contributed by atoms with E-state index in [4.69, 9.17) is 9.26 Å². The summed E-state index contributed by atoms with van der Waals surface area (Å²) in [7, 11) is 0. The SMILES string of the molecule is CC1COC(c2ccccc2)C(C)N1Cc1nc(-c2ccc([N+](=O)[O-])cc2)no1. The molecule has 0 spiro atoms. The molecule has 0 bridgehead atoms. The summed E-state index contributed by atoms with van der Waals surface area (Å²) in [4.78, 5) is 17.2. The van der Waals surface area contributed by atoms with Crippen LogP contribution in [-0.4, -0.2) is 38.7 Å². The topological polar surface area (TPSA) is 94.5 Å². The largest absolute Gasteiger partial charge is 0.370 e. The van der Waals surface area contributed by atoms with Crippen LogP contribution in [-0.2, 0) is 11.3 Å². The van der Waals surface area contributed by atoms with Gasteiger partial charge in [0, 0.05) is 29.8 Å². The van der Waals surface area contributed by atoms with E-state index in [-0.39, 0.29) is 23.9 Å². The Hall–Kier alpha value is -3.10. The first-order valence-corrected chi connectivity index (χ1v) is 9.52. The summed E-state index contributed by atoms with van der Waals surface area (Å²) < 4.78 is 11.6. The van der Waals surface area contributed by atoms with Crippen LogP contribution < -0.4 is 0 Å². The molecule has 2 heterocycles. The van der Waals surface area contributed by atoms with Gasteiger partial charge in [-0.25, -0.2) is 0 Å². The van der Waals surface area contributed by atoms with Crippen molar-refractivity contribution in [1.29, 1.82) is 0 Å². The molecule has 1 fully saturated rings. The number of non-ortho nitro benzene ring substituents is 1. The number of ether oxygens (including phenoxy) is 1. The van der Waals surface area contributed by atoms with E-state index < -0.39 is 4.92 Å². The molecular formula is C21H22N4O4. The van der Waals surface area contributed by atoms with Gasteiger partial charge < -0.3 is 9.26 Å². The molecule has 1 aromatic heterocycles. The second-order valence-electron chi connectivity index (χ2n) is 7.24. The number of nitro groups is 1. The van der Waals surface area contributed by atoms with Crippen molar-refractivity contribution in [2.45, 2.75) is 38.6 Å². The van der Waals surface area contributed by atoms with Crippen LogP contribution >= 0.6 is 0 Å². The van der Waals surface area contributed by atoms with E-state index in [0.717, 1.165) is 5.56 Å². The quantitative estimate of drug-likeness (QED) is 0.477. The highest BCUT2D eigenvalue weighted by Gasteiger charge is 2.35. The van der Waals surface area contributed by atoms with Gasteiger partial charge in [0.15, 0.2) is 0 Å². The lowest BCUT2D eigenvalue weighted by atomic mass is 9.98. The summed E-state index contributed by atoms with van der Waals surface area (Å²) in [6, 6.07) is 16.6. The van der Waals surface area contributed by atoms with Crippen molar-refractivity contribution in [3.05, 3.63) is 76.2 Å². The van der Waals surface area contributed by atoms with E-state index in [9.17, 15) is 10.1 Å². The number of aromatic nitrogens is 2. The molecule has 0 N–H and O–H groups in total. The van der Waals surface area contributed by atoms with Gasteiger partial charge in [-0.2, -0.15) is 4.98 Å². The second kappa shape index (κ2) is 8.10. The lowest BCUT2D eigenvalue weighted by Gasteiger charge is -2.43. The molecule has 3 unspecified atom stereocenters. The lowest BCUT2D eigenvalue weighted by molar-refractivity contribution is -0.384. The van der Waals surface area contributed by atoms with Crippen molar-refractivity contribution < 1.29 is 14.2 Å². The molecule has 4 rings (SSSR count). The van der Waals surface area contributed by atoms with Crippen molar-refractivity contribution in [1.82, 2.24) is 15.0 Å². The van der Waals surface area contributed by atoms with Crippen LogP contribution in [0.5, 0.6) is 0 Å². The molecule has 1 aliphatic heterocycles. The summed E-state index contributed by atoms with van der Waals surface area (Å²) in [6.07, 6.45) is -0.0236. The fourth-order valence-electron chi connectivity index (χ4n) is 3.70. The van der Waals surface area contributed by atoms with Crippen LogP contribution in [0.25, 0.3) is 11.4 Å². The maximum Gasteiger partial charge on any atom is 0.269 e. The van der Waals surface area contributed by atoms with Crippen molar-refractivity contribution >= 4 is 5.69 Å². The Labute approximate surface area is 168 Å². The molecule has 0 amide bonds. The predicted octanol–water partition coefficient (Wildman–Crippen LogP) is 4.00. The summed E-state index contributed by atoms with van der Waals surface area (Å²) >= 11 is 0. The zero-order chi connectivity index (χ0) is 20.4. The van der Waals surface area contributed by atoms with E-state index in [1.165, 1.54) is 12.1 Å². The standard InChI is InChI=1S/C21H22N4O4/c1-14-13-28-20(16-6-4-3-5-7-16)15(2)24(14)12-19-22-21(23-29-19)17-8-10-18(11-9-17)25(26)27/h3-11,14-15,20H,12-13H2,1-2H3. The molecule has 1 saturated heterocycles. The van der Waals surface area contributed by atoms with Gasteiger partial charge in [-0.3, -0.25) is 15.0 Å². The second-order valence-corrected chi connectivity index (χ2v) is 7.24.